The number of aromatic amines is 1. The van der Waals surface area contributed by atoms with Gasteiger partial charge in [-0.3, -0.25) is 19.1 Å². The first kappa shape index (κ1) is 15.9. The molecule has 2 aromatic heterocycles. The van der Waals surface area contributed by atoms with Crippen LogP contribution in [-0.2, 0) is 22.7 Å². The Kier molecular flexibility index (Phi) is 4.69. The molecule has 118 valence electrons. The van der Waals surface area contributed by atoms with Crippen LogP contribution in [0.25, 0.3) is 11.2 Å². The van der Waals surface area contributed by atoms with Crippen molar-refractivity contribution in [3.8, 4) is 0 Å². The molecular formula is C14H18N4O4. The lowest BCUT2D eigenvalue weighted by molar-refractivity contribution is -0.118. The highest BCUT2D eigenvalue weighted by Gasteiger charge is 2.13. The Hall–Kier alpha value is -2.51. The number of hydrogen-bond acceptors (Lipinski definition) is 5. The summed E-state index contributed by atoms with van der Waals surface area (Å²) >= 11 is 0. The van der Waals surface area contributed by atoms with Crippen LogP contribution in [-0.4, -0.2) is 30.7 Å². The highest BCUT2D eigenvalue weighted by atomic mass is 16.2. The summed E-state index contributed by atoms with van der Waals surface area (Å²) in [5.74, 6) is -0.0332. The van der Waals surface area contributed by atoms with Crippen LogP contribution in [0.2, 0.25) is 0 Å². The summed E-state index contributed by atoms with van der Waals surface area (Å²) in [5, 5.41) is 0. The molecule has 0 bridgehead atoms. The number of nitrogens with one attached hydrogen (secondary N) is 1. The molecule has 2 rings (SSSR count). The van der Waals surface area contributed by atoms with E-state index in [1.54, 1.807) is 0 Å². The van der Waals surface area contributed by atoms with Gasteiger partial charge in [-0.1, -0.05) is 0 Å². The van der Waals surface area contributed by atoms with Crippen molar-refractivity contribution in [3.05, 3.63) is 27.2 Å². The van der Waals surface area contributed by atoms with Crippen molar-refractivity contribution in [2.24, 2.45) is 0 Å². The van der Waals surface area contributed by atoms with Gasteiger partial charge in [-0.25, -0.2) is 9.78 Å². The van der Waals surface area contributed by atoms with Gasteiger partial charge in [-0.05, 0) is 26.7 Å². The lowest BCUT2D eigenvalue weighted by Crippen LogP contribution is -2.36. The molecule has 0 unspecified atom stereocenters. The lowest BCUT2D eigenvalue weighted by atomic mass is 10.2. The molecule has 8 heteroatoms. The van der Waals surface area contributed by atoms with Gasteiger partial charge in [0.15, 0.2) is 11.2 Å². The molecular weight excluding hydrogens is 288 g/mol. The Morgan fingerprint density at radius 3 is 2.55 bits per heavy atom. The zero-order valence-corrected chi connectivity index (χ0v) is 12.6. The van der Waals surface area contributed by atoms with Crippen molar-refractivity contribution in [2.75, 3.05) is 0 Å². The van der Waals surface area contributed by atoms with Crippen LogP contribution in [0.5, 0.6) is 0 Å². The van der Waals surface area contributed by atoms with E-state index in [0.29, 0.717) is 19.3 Å². The Labute approximate surface area is 125 Å². The van der Waals surface area contributed by atoms with Crippen molar-refractivity contribution >= 4 is 22.7 Å². The topological polar surface area (TPSA) is 107 Å². The van der Waals surface area contributed by atoms with Gasteiger partial charge in [0.2, 0.25) is 0 Å². The monoisotopic (exact) mass is 306 g/mol. The number of rotatable bonds is 7. The quantitative estimate of drug-likeness (QED) is 0.737. The molecule has 2 aromatic rings. The third-order valence-electron chi connectivity index (χ3n) is 3.31. The first-order chi connectivity index (χ1) is 10.4. The zero-order valence-electron chi connectivity index (χ0n) is 12.6. The van der Waals surface area contributed by atoms with Crippen molar-refractivity contribution in [1.82, 2.24) is 19.1 Å². The first-order valence-electron chi connectivity index (χ1n) is 7.07. The minimum atomic E-state index is -0.534. The van der Waals surface area contributed by atoms with Crippen LogP contribution in [0.1, 0.15) is 33.1 Å². The first-order valence-corrected chi connectivity index (χ1v) is 7.07. The number of fused-ring (bicyclic) bond motifs is 1. The summed E-state index contributed by atoms with van der Waals surface area (Å²) in [6.07, 6.45) is 2.96. The number of carbonyl (C=O) groups is 2. The molecule has 0 spiro atoms. The molecule has 0 amide bonds. The fraction of sp³-hybridized carbons (Fsp3) is 0.500. The number of nitrogens with zero attached hydrogens (tertiary/aromatic N) is 3. The third kappa shape index (κ3) is 3.38. The van der Waals surface area contributed by atoms with Gasteiger partial charge in [-0.2, -0.15) is 0 Å². The minimum absolute atomic E-state index is 0.0299. The third-order valence-corrected chi connectivity index (χ3v) is 3.31. The van der Waals surface area contributed by atoms with Crippen LogP contribution in [0, 0.1) is 0 Å². The molecule has 0 saturated heterocycles. The average molecular weight is 306 g/mol. The molecule has 0 aliphatic rings. The number of ketones is 2. The Morgan fingerprint density at radius 1 is 1.18 bits per heavy atom. The van der Waals surface area contributed by atoms with Gasteiger partial charge < -0.3 is 9.36 Å². The molecule has 0 fully saturated rings. The van der Waals surface area contributed by atoms with Gasteiger partial charge in [0.25, 0.3) is 5.56 Å². The predicted molar refractivity (Wildman–Crippen MR) is 79.8 cm³/mol. The maximum Gasteiger partial charge on any atom is 0.330 e. The second-order valence-electron chi connectivity index (χ2n) is 5.32. The zero-order chi connectivity index (χ0) is 16.3. The molecule has 0 aliphatic carbocycles. The van der Waals surface area contributed by atoms with Gasteiger partial charge in [0.05, 0.1) is 12.9 Å². The molecule has 2 heterocycles. The van der Waals surface area contributed by atoms with E-state index in [1.165, 1.54) is 24.7 Å². The molecule has 22 heavy (non-hydrogen) atoms. The minimum Gasteiger partial charge on any atom is -0.317 e. The fourth-order valence-corrected chi connectivity index (χ4v) is 2.29. The van der Waals surface area contributed by atoms with Crippen LogP contribution in [0.15, 0.2) is 15.9 Å². The summed E-state index contributed by atoms with van der Waals surface area (Å²) in [4.78, 5) is 53.0. The second kappa shape index (κ2) is 6.50. The van der Waals surface area contributed by atoms with Gasteiger partial charge >= 0.3 is 5.69 Å². The van der Waals surface area contributed by atoms with E-state index in [9.17, 15) is 19.2 Å². The number of hydrogen-bond donors (Lipinski definition) is 1. The number of H-pyrrole nitrogens is 1. The largest absolute Gasteiger partial charge is 0.330 e. The van der Waals surface area contributed by atoms with Crippen molar-refractivity contribution in [1.29, 1.82) is 0 Å². The van der Waals surface area contributed by atoms with E-state index in [1.807, 2.05) is 0 Å². The summed E-state index contributed by atoms with van der Waals surface area (Å²) in [6.45, 7) is 3.17. The summed E-state index contributed by atoms with van der Waals surface area (Å²) in [6, 6.07) is 0. The summed E-state index contributed by atoms with van der Waals surface area (Å²) in [7, 11) is 0. The van der Waals surface area contributed by atoms with E-state index in [0.717, 1.165) is 4.57 Å². The van der Waals surface area contributed by atoms with Crippen LogP contribution in [0.4, 0.5) is 0 Å². The molecule has 0 aliphatic heterocycles. The Balaban J connectivity index is 2.34. The smallest absolute Gasteiger partial charge is 0.317 e. The van der Waals surface area contributed by atoms with Gasteiger partial charge in [0.1, 0.15) is 11.6 Å². The Morgan fingerprint density at radius 2 is 1.91 bits per heavy atom. The molecule has 0 radical (unpaired) electrons. The van der Waals surface area contributed by atoms with Crippen molar-refractivity contribution in [3.63, 3.8) is 0 Å². The van der Waals surface area contributed by atoms with E-state index >= 15 is 0 Å². The summed E-state index contributed by atoms with van der Waals surface area (Å²) < 4.78 is 2.52. The average Bonchev–Trinajstić information content (AvgIpc) is 2.79. The summed E-state index contributed by atoms with van der Waals surface area (Å²) in [5.41, 5.74) is -0.619. The number of imidazole rings is 1. The van der Waals surface area contributed by atoms with E-state index in [-0.39, 0.29) is 35.8 Å². The fourth-order valence-electron chi connectivity index (χ4n) is 2.29. The van der Waals surface area contributed by atoms with Crippen molar-refractivity contribution < 1.29 is 9.59 Å². The van der Waals surface area contributed by atoms with E-state index in [2.05, 4.69) is 9.97 Å². The standard InChI is InChI=1S/C14H18N4O4/c1-9(19)5-3-4-6-18-13(21)11-12(16-14(18)22)15-8-17(11)7-10(2)20/h8H,3-7H2,1-2H3,(H,16,22). The number of carbonyl (C=O) groups excluding carboxylic acids is 2. The van der Waals surface area contributed by atoms with Gasteiger partial charge in [0, 0.05) is 13.0 Å². The molecule has 0 atom stereocenters. The SMILES string of the molecule is CC(=O)CCCCn1c(=O)[nH]c2ncn(CC(C)=O)c2c1=O. The van der Waals surface area contributed by atoms with Crippen LogP contribution in [0.3, 0.4) is 0 Å². The maximum absolute atomic E-state index is 12.4. The highest BCUT2D eigenvalue weighted by Crippen LogP contribution is 2.04. The molecule has 8 nitrogen and oxygen atoms in total. The normalized spacial score (nSPS) is 11.0. The lowest BCUT2D eigenvalue weighted by Gasteiger charge is -2.05. The number of Topliss-reactive ketones (excluding diaryl/α,β-unsaturated/α-hetero) is 2. The molecule has 1 N–H and O–H groups in total. The van der Waals surface area contributed by atoms with E-state index < -0.39 is 11.2 Å². The second-order valence-corrected chi connectivity index (χ2v) is 5.32. The van der Waals surface area contributed by atoms with Gasteiger partial charge in [-0.15, -0.1) is 0 Å². The Bertz CT molecular complexity index is 827. The van der Waals surface area contributed by atoms with E-state index in [4.69, 9.17) is 0 Å². The predicted octanol–water partition coefficient (Wildman–Crippen LogP) is 0.235. The molecule has 0 saturated carbocycles. The van der Waals surface area contributed by atoms with Crippen LogP contribution >= 0.6 is 0 Å². The van der Waals surface area contributed by atoms with Crippen LogP contribution < -0.4 is 11.2 Å². The highest BCUT2D eigenvalue weighted by molar-refractivity contribution is 5.78. The maximum atomic E-state index is 12.4. The number of unbranched alkanes of at least 4 members (excludes halogenated alkanes) is 1. The number of aromatic nitrogens is 4. The molecule has 0 aromatic carbocycles. The van der Waals surface area contributed by atoms with Crippen molar-refractivity contribution in [2.45, 2.75) is 46.2 Å².